The summed E-state index contributed by atoms with van der Waals surface area (Å²) in [6, 6.07) is 19.3. The predicted molar refractivity (Wildman–Crippen MR) is 136 cm³/mol. The van der Waals surface area contributed by atoms with Gasteiger partial charge in [0.15, 0.2) is 16.6 Å². The highest BCUT2D eigenvalue weighted by Gasteiger charge is 2.35. The van der Waals surface area contributed by atoms with Gasteiger partial charge in [-0.3, -0.25) is 19.8 Å². The Morgan fingerprint density at radius 2 is 1.71 bits per heavy atom. The first kappa shape index (κ1) is 23.5. The maximum Gasteiger partial charge on any atom is 0.270 e. The molecule has 9 heteroatoms. The summed E-state index contributed by atoms with van der Waals surface area (Å²) >= 11 is 8.61. The number of thiocarbonyl (C=S) groups is 1. The number of halogens is 1. The second-order valence-corrected chi connectivity index (χ2v) is 8.35. The highest BCUT2D eigenvalue weighted by atomic mass is 79.9. The van der Waals surface area contributed by atoms with Gasteiger partial charge in [0.1, 0.15) is 17.1 Å². The molecule has 0 unspecified atom stereocenters. The molecule has 0 saturated carbocycles. The summed E-state index contributed by atoms with van der Waals surface area (Å²) in [4.78, 5) is 27.1. The lowest BCUT2D eigenvalue weighted by molar-refractivity contribution is -0.122. The van der Waals surface area contributed by atoms with Gasteiger partial charge in [-0.1, -0.05) is 34.1 Å². The number of hydrogen-bond acceptors (Lipinski definition) is 6. The number of hydrogen-bond donors (Lipinski definition) is 2. The van der Waals surface area contributed by atoms with Crippen molar-refractivity contribution >= 4 is 56.8 Å². The van der Waals surface area contributed by atoms with E-state index in [1.54, 1.807) is 43.3 Å². The Labute approximate surface area is 209 Å². The van der Waals surface area contributed by atoms with E-state index in [0.29, 0.717) is 28.3 Å². The van der Waals surface area contributed by atoms with Crippen molar-refractivity contribution in [2.45, 2.75) is 6.92 Å². The smallest absolute Gasteiger partial charge is 0.270 e. The van der Waals surface area contributed by atoms with E-state index in [1.807, 2.05) is 30.3 Å². The summed E-state index contributed by atoms with van der Waals surface area (Å²) in [6.07, 6.45) is 1.31. The molecule has 3 aromatic rings. The molecular weight excluding hydrogens is 520 g/mol. The zero-order valence-electron chi connectivity index (χ0n) is 17.9. The Morgan fingerprint density at radius 3 is 2.38 bits per heavy atom. The molecule has 1 fully saturated rings. The van der Waals surface area contributed by atoms with Crippen LogP contribution in [0.4, 0.5) is 5.69 Å². The number of nitrogens with zero attached hydrogens (tertiary/aromatic N) is 1. The normalized spacial score (nSPS) is 14.8. The molecule has 1 heterocycles. The second-order valence-electron chi connectivity index (χ2n) is 7.11. The van der Waals surface area contributed by atoms with Gasteiger partial charge in [0, 0.05) is 10.0 Å². The van der Waals surface area contributed by atoms with Crippen LogP contribution in [-0.4, -0.2) is 28.6 Å². The van der Waals surface area contributed by atoms with E-state index in [4.69, 9.17) is 21.7 Å². The minimum absolute atomic E-state index is 0.0461. The SMILES string of the molecule is CCOc1ccc(Br)c(/C=C2\C(=O)NC(=S)N(c3ccc(Oc4ccccc4)cc3)C2=O)c1O. The van der Waals surface area contributed by atoms with Gasteiger partial charge in [0.25, 0.3) is 11.8 Å². The molecule has 0 spiro atoms. The summed E-state index contributed by atoms with van der Waals surface area (Å²) in [5.41, 5.74) is 0.499. The lowest BCUT2D eigenvalue weighted by atomic mass is 10.1. The van der Waals surface area contributed by atoms with Gasteiger partial charge in [0.2, 0.25) is 0 Å². The van der Waals surface area contributed by atoms with Crippen LogP contribution in [0.5, 0.6) is 23.0 Å². The molecule has 0 radical (unpaired) electrons. The molecule has 1 aliphatic heterocycles. The zero-order chi connectivity index (χ0) is 24.2. The third-order valence-corrected chi connectivity index (χ3v) is 5.87. The number of carbonyl (C=O) groups is 2. The Hall–Kier alpha value is -3.69. The molecule has 1 aliphatic rings. The van der Waals surface area contributed by atoms with Gasteiger partial charge >= 0.3 is 0 Å². The fraction of sp³-hybridized carbons (Fsp3) is 0.0800. The van der Waals surface area contributed by atoms with Gasteiger partial charge in [-0.2, -0.15) is 0 Å². The number of para-hydroxylation sites is 1. The molecule has 3 aromatic carbocycles. The fourth-order valence-corrected chi connectivity index (χ4v) is 4.01. The quantitative estimate of drug-likeness (QED) is 0.255. The third-order valence-electron chi connectivity index (χ3n) is 4.89. The van der Waals surface area contributed by atoms with Crippen LogP contribution in [0.25, 0.3) is 6.08 Å². The molecule has 0 atom stereocenters. The van der Waals surface area contributed by atoms with Crippen LogP contribution in [0.15, 0.2) is 76.8 Å². The van der Waals surface area contributed by atoms with Crippen molar-refractivity contribution in [3.05, 3.63) is 82.3 Å². The van der Waals surface area contributed by atoms with Gasteiger partial charge in [-0.25, -0.2) is 0 Å². The van der Waals surface area contributed by atoms with Crippen LogP contribution in [0.2, 0.25) is 0 Å². The monoisotopic (exact) mass is 538 g/mol. The molecule has 0 aromatic heterocycles. The van der Waals surface area contributed by atoms with Crippen LogP contribution in [0, 0.1) is 0 Å². The molecule has 4 rings (SSSR count). The number of phenols is 1. The van der Waals surface area contributed by atoms with Gasteiger partial charge in [-0.15, -0.1) is 0 Å². The molecule has 1 saturated heterocycles. The van der Waals surface area contributed by atoms with Crippen molar-refractivity contribution in [2.24, 2.45) is 0 Å². The number of aromatic hydroxyl groups is 1. The van der Waals surface area contributed by atoms with E-state index in [-0.39, 0.29) is 27.7 Å². The number of carbonyl (C=O) groups excluding carboxylic acids is 2. The molecule has 2 N–H and O–H groups in total. The molecule has 0 bridgehead atoms. The first-order valence-corrected chi connectivity index (χ1v) is 11.5. The highest BCUT2D eigenvalue weighted by molar-refractivity contribution is 9.10. The zero-order valence-corrected chi connectivity index (χ0v) is 20.4. The van der Waals surface area contributed by atoms with Crippen molar-refractivity contribution in [2.75, 3.05) is 11.5 Å². The minimum atomic E-state index is -0.664. The minimum Gasteiger partial charge on any atom is -0.504 e. The lowest BCUT2D eigenvalue weighted by Crippen LogP contribution is -2.54. The molecule has 2 amide bonds. The maximum atomic E-state index is 13.3. The highest BCUT2D eigenvalue weighted by Crippen LogP contribution is 2.37. The maximum absolute atomic E-state index is 13.3. The standard InChI is InChI=1S/C25H19BrN2O5S/c1-2-32-21-13-12-20(26)18(22(21)29)14-19-23(30)27-25(34)28(24(19)31)15-8-10-17(11-9-15)33-16-6-4-3-5-7-16/h3-14,29H,2H2,1H3,(H,27,30,34)/b19-14+. The van der Waals surface area contributed by atoms with Crippen LogP contribution in [0.1, 0.15) is 12.5 Å². The summed E-state index contributed by atoms with van der Waals surface area (Å²) in [5, 5.41) is 13.1. The van der Waals surface area contributed by atoms with Crippen LogP contribution < -0.4 is 19.7 Å². The second kappa shape index (κ2) is 10.1. The van der Waals surface area contributed by atoms with Crippen molar-refractivity contribution in [3.8, 4) is 23.0 Å². The Kier molecular flexibility index (Phi) is 6.95. The van der Waals surface area contributed by atoms with Crippen molar-refractivity contribution in [1.29, 1.82) is 0 Å². The van der Waals surface area contributed by atoms with Gasteiger partial charge in [-0.05, 0) is 73.7 Å². The number of benzene rings is 3. The predicted octanol–water partition coefficient (Wildman–Crippen LogP) is 5.18. The number of anilines is 1. The van der Waals surface area contributed by atoms with Crippen molar-refractivity contribution in [3.63, 3.8) is 0 Å². The Bertz CT molecular complexity index is 1290. The largest absolute Gasteiger partial charge is 0.504 e. The van der Waals surface area contributed by atoms with E-state index in [1.165, 1.54) is 11.0 Å². The first-order chi connectivity index (χ1) is 16.4. The van der Waals surface area contributed by atoms with E-state index in [9.17, 15) is 14.7 Å². The van der Waals surface area contributed by atoms with E-state index >= 15 is 0 Å². The Morgan fingerprint density at radius 1 is 1.03 bits per heavy atom. The van der Waals surface area contributed by atoms with Crippen LogP contribution >= 0.6 is 28.1 Å². The first-order valence-electron chi connectivity index (χ1n) is 10.3. The number of amides is 2. The van der Waals surface area contributed by atoms with E-state index in [2.05, 4.69) is 21.2 Å². The van der Waals surface area contributed by atoms with Crippen LogP contribution in [0.3, 0.4) is 0 Å². The van der Waals surface area contributed by atoms with Crippen molar-refractivity contribution in [1.82, 2.24) is 5.32 Å². The number of rotatable bonds is 6. The molecule has 0 aliphatic carbocycles. The number of ether oxygens (including phenoxy) is 2. The molecule has 172 valence electrons. The third kappa shape index (κ3) is 4.80. The average molecular weight is 539 g/mol. The van der Waals surface area contributed by atoms with Crippen LogP contribution in [-0.2, 0) is 9.59 Å². The van der Waals surface area contributed by atoms with E-state index < -0.39 is 11.8 Å². The number of phenolic OH excluding ortho intramolecular Hbond substituents is 1. The molecular formula is C25H19BrN2O5S. The molecule has 34 heavy (non-hydrogen) atoms. The summed E-state index contributed by atoms with van der Waals surface area (Å²) in [7, 11) is 0. The van der Waals surface area contributed by atoms with Gasteiger partial charge in [0.05, 0.1) is 12.3 Å². The summed E-state index contributed by atoms with van der Waals surface area (Å²) < 4.78 is 11.7. The van der Waals surface area contributed by atoms with Gasteiger partial charge < -0.3 is 14.6 Å². The Balaban J connectivity index is 1.65. The fourth-order valence-electron chi connectivity index (χ4n) is 3.30. The van der Waals surface area contributed by atoms with E-state index in [0.717, 1.165) is 0 Å². The topological polar surface area (TPSA) is 88.1 Å². The summed E-state index contributed by atoms with van der Waals surface area (Å²) in [6.45, 7) is 2.13. The number of nitrogens with one attached hydrogen (secondary N) is 1. The molecule has 7 nitrogen and oxygen atoms in total. The van der Waals surface area contributed by atoms with Crippen molar-refractivity contribution < 1.29 is 24.2 Å². The lowest BCUT2D eigenvalue weighted by Gasteiger charge is -2.29. The average Bonchev–Trinajstić information content (AvgIpc) is 2.82. The summed E-state index contributed by atoms with van der Waals surface area (Å²) in [5.74, 6) is 0.0136.